The summed E-state index contributed by atoms with van der Waals surface area (Å²) in [6.07, 6.45) is 0.520. The predicted octanol–water partition coefficient (Wildman–Crippen LogP) is 2.05. The topological polar surface area (TPSA) is 90.8 Å². The van der Waals surface area contributed by atoms with Crippen LogP contribution in [0.5, 0.6) is 0 Å². The van der Waals surface area contributed by atoms with Crippen LogP contribution in [-0.2, 0) is 4.79 Å². The Hall–Kier alpha value is -3.22. The zero-order valence-corrected chi connectivity index (χ0v) is 14.3. The molecule has 1 unspecified atom stereocenters. The molecule has 2 aromatic rings. The van der Waals surface area contributed by atoms with E-state index in [4.69, 9.17) is 5.11 Å². The van der Waals surface area contributed by atoms with Gasteiger partial charge in [0.25, 0.3) is 5.91 Å². The Bertz CT molecular complexity index is 838. The Morgan fingerprint density at radius 1 is 1.15 bits per heavy atom. The third-order valence-electron chi connectivity index (χ3n) is 4.41. The van der Waals surface area contributed by atoms with Crippen LogP contribution in [0.25, 0.3) is 0 Å². The molecule has 134 valence electrons. The molecule has 0 aliphatic carbocycles. The summed E-state index contributed by atoms with van der Waals surface area (Å²) in [4.78, 5) is 43.8. The zero-order valence-electron chi connectivity index (χ0n) is 14.3. The molecule has 1 aliphatic rings. The van der Waals surface area contributed by atoms with Gasteiger partial charge in [-0.15, -0.1) is 0 Å². The lowest BCUT2D eigenvalue weighted by Gasteiger charge is -2.26. The fourth-order valence-corrected chi connectivity index (χ4v) is 3.14. The van der Waals surface area contributed by atoms with Crippen molar-refractivity contribution < 1.29 is 19.5 Å². The molecule has 1 aliphatic heterocycles. The first kappa shape index (κ1) is 17.6. The summed E-state index contributed by atoms with van der Waals surface area (Å²) >= 11 is 0. The van der Waals surface area contributed by atoms with Gasteiger partial charge in [-0.2, -0.15) is 0 Å². The number of hydrogen-bond acceptors (Lipinski definition) is 4. The van der Waals surface area contributed by atoms with E-state index in [0.29, 0.717) is 19.5 Å². The van der Waals surface area contributed by atoms with Crippen molar-refractivity contribution in [2.45, 2.75) is 19.4 Å². The average molecular weight is 353 g/mol. The van der Waals surface area contributed by atoms with E-state index in [2.05, 4.69) is 4.98 Å². The van der Waals surface area contributed by atoms with Gasteiger partial charge in [0, 0.05) is 18.8 Å². The highest BCUT2D eigenvalue weighted by atomic mass is 16.4. The van der Waals surface area contributed by atoms with E-state index in [1.807, 2.05) is 30.3 Å². The van der Waals surface area contributed by atoms with Crippen LogP contribution in [0.4, 0.5) is 5.69 Å². The van der Waals surface area contributed by atoms with E-state index in [0.717, 1.165) is 5.69 Å². The maximum Gasteiger partial charge on any atom is 0.354 e. The molecule has 0 bridgehead atoms. The first-order valence-corrected chi connectivity index (χ1v) is 8.40. The number of aromatic carboxylic acids is 1. The first-order chi connectivity index (χ1) is 12.5. The van der Waals surface area contributed by atoms with Crippen LogP contribution in [-0.4, -0.2) is 51.9 Å². The van der Waals surface area contributed by atoms with Crippen molar-refractivity contribution in [3.05, 3.63) is 59.9 Å². The van der Waals surface area contributed by atoms with Crippen molar-refractivity contribution in [2.24, 2.45) is 0 Å². The average Bonchev–Trinajstić information content (AvgIpc) is 3.04. The number of carboxylic acid groups (broad SMARTS) is 1. The van der Waals surface area contributed by atoms with Crippen molar-refractivity contribution in [1.82, 2.24) is 9.88 Å². The number of likely N-dealkylation sites (N-methyl/N-ethyl adjacent to an activating group) is 1. The van der Waals surface area contributed by atoms with Crippen LogP contribution in [0.3, 0.4) is 0 Å². The molecule has 7 nitrogen and oxygen atoms in total. The number of nitrogens with zero attached hydrogens (tertiary/aromatic N) is 3. The molecule has 0 radical (unpaired) electrons. The highest BCUT2D eigenvalue weighted by molar-refractivity contribution is 6.03. The maximum atomic E-state index is 12.8. The molecule has 1 aromatic carbocycles. The molecule has 0 saturated carbocycles. The van der Waals surface area contributed by atoms with Crippen LogP contribution in [0.2, 0.25) is 0 Å². The third-order valence-corrected chi connectivity index (χ3v) is 4.41. The molecule has 7 heteroatoms. The van der Waals surface area contributed by atoms with Gasteiger partial charge in [-0.3, -0.25) is 9.59 Å². The molecule has 26 heavy (non-hydrogen) atoms. The Labute approximate surface area is 150 Å². The van der Waals surface area contributed by atoms with E-state index in [9.17, 15) is 14.4 Å². The molecule has 1 N–H and O–H groups in total. The highest BCUT2D eigenvalue weighted by Crippen LogP contribution is 2.25. The lowest BCUT2D eigenvalue weighted by Crippen LogP contribution is -2.45. The monoisotopic (exact) mass is 353 g/mol. The summed E-state index contributed by atoms with van der Waals surface area (Å²) in [5, 5.41) is 9.05. The Morgan fingerprint density at radius 3 is 2.50 bits per heavy atom. The molecule has 1 saturated heterocycles. The summed E-state index contributed by atoms with van der Waals surface area (Å²) in [7, 11) is 0. The Balaban J connectivity index is 1.83. The van der Waals surface area contributed by atoms with E-state index in [1.54, 1.807) is 11.8 Å². The Morgan fingerprint density at radius 2 is 1.85 bits per heavy atom. The summed E-state index contributed by atoms with van der Waals surface area (Å²) in [5.74, 6) is -1.78. The van der Waals surface area contributed by atoms with Crippen molar-refractivity contribution in [3.63, 3.8) is 0 Å². The van der Waals surface area contributed by atoms with Gasteiger partial charge in [-0.05, 0) is 37.6 Å². The van der Waals surface area contributed by atoms with E-state index in [-0.39, 0.29) is 17.3 Å². The number of carboxylic acids is 1. The van der Waals surface area contributed by atoms with Crippen molar-refractivity contribution in [3.8, 4) is 0 Å². The van der Waals surface area contributed by atoms with Gasteiger partial charge in [0.15, 0.2) is 0 Å². The number of aromatic nitrogens is 1. The molecule has 3 rings (SSSR count). The van der Waals surface area contributed by atoms with Gasteiger partial charge in [0.05, 0.1) is 0 Å². The number of hydrogen-bond donors (Lipinski definition) is 1. The van der Waals surface area contributed by atoms with Gasteiger partial charge >= 0.3 is 5.97 Å². The number of carbonyl (C=O) groups excluding carboxylic acids is 2. The van der Waals surface area contributed by atoms with E-state index >= 15 is 0 Å². The summed E-state index contributed by atoms with van der Waals surface area (Å²) in [5.41, 5.74) is 0.628. The molecule has 2 amide bonds. The molecule has 1 atom stereocenters. The van der Waals surface area contributed by atoms with Gasteiger partial charge in [-0.1, -0.05) is 24.3 Å². The normalized spacial score (nSPS) is 16.6. The summed E-state index contributed by atoms with van der Waals surface area (Å²) in [6, 6.07) is 13.0. The number of amides is 2. The zero-order chi connectivity index (χ0) is 18.7. The summed E-state index contributed by atoms with van der Waals surface area (Å²) < 4.78 is 0. The minimum absolute atomic E-state index is 0.0257. The minimum Gasteiger partial charge on any atom is -0.477 e. The maximum absolute atomic E-state index is 12.8. The van der Waals surface area contributed by atoms with Crippen molar-refractivity contribution in [2.75, 3.05) is 18.0 Å². The van der Waals surface area contributed by atoms with Gasteiger partial charge in [-0.25, -0.2) is 9.78 Å². The lowest BCUT2D eigenvalue weighted by atomic mass is 10.2. The molecular formula is C19H19N3O4. The number of pyridine rings is 1. The Kier molecular flexibility index (Phi) is 4.97. The highest BCUT2D eigenvalue weighted by Gasteiger charge is 2.38. The second kappa shape index (κ2) is 7.35. The van der Waals surface area contributed by atoms with Crippen LogP contribution in [0.1, 0.15) is 34.3 Å². The number of anilines is 1. The quantitative estimate of drug-likeness (QED) is 0.888. The molecule has 1 fully saturated rings. The molecule has 1 aromatic heterocycles. The van der Waals surface area contributed by atoms with Crippen LogP contribution < -0.4 is 4.90 Å². The number of carbonyl (C=O) groups is 3. The first-order valence-electron chi connectivity index (χ1n) is 8.40. The predicted molar refractivity (Wildman–Crippen MR) is 95.1 cm³/mol. The number of para-hydroxylation sites is 1. The number of rotatable bonds is 5. The molecule has 2 heterocycles. The van der Waals surface area contributed by atoms with Crippen LogP contribution in [0.15, 0.2) is 48.5 Å². The minimum atomic E-state index is -1.20. The van der Waals surface area contributed by atoms with Crippen LogP contribution in [0, 0.1) is 0 Å². The SMILES string of the molecule is CCN(C(=O)c1cccc(C(=O)O)n1)C1CCN(c2ccccc2)C1=O. The van der Waals surface area contributed by atoms with Gasteiger partial charge in [0.2, 0.25) is 5.91 Å². The third kappa shape index (κ3) is 3.28. The second-order valence-electron chi connectivity index (χ2n) is 5.93. The smallest absolute Gasteiger partial charge is 0.354 e. The lowest BCUT2D eigenvalue weighted by molar-refractivity contribution is -0.120. The van der Waals surface area contributed by atoms with Crippen molar-refractivity contribution >= 4 is 23.5 Å². The largest absolute Gasteiger partial charge is 0.477 e. The van der Waals surface area contributed by atoms with E-state index in [1.165, 1.54) is 23.1 Å². The molecular weight excluding hydrogens is 334 g/mol. The van der Waals surface area contributed by atoms with Gasteiger partial charge < -0.3 is 14.9 Å². The van der Waals surface area contributed by atoms with Crippen molar-refractivity contribution in [1.29, 1.82) is 0 Å². The fourth-order valence-electron chi connectivity index (χ4n) is 3.14. The van der Waals surface area contributed by atoms with E-state index < -0.39 is 17.9 Å². The standard InChI is InChI=1S/C19H19N3O4/c1-2-21(17(23)14-9-6-10-15(20-14)19(25)26)16-11-12-22(18(16)24)13-7-4-3-5-8-13/h3-10,16H,2,11-12H2,1H3,(H,25,26). The number of benzene rings is 1. The van der Waals surface area contributed by atoms with Gasteiger partial charge in [0.1, 0.15) is 17.4 Å². The van der Waals surface area contributed by atoms with Crippen LogP contribution >= 0.6 is 0 Å². The fraction of sp³-hybridized carbons (Fsp3) is 0.263. The second-order valence-corrected chi connectivity index (χ2v) is 5.93. The molecule has 0 spiro atoms. The summed E-state index contributed by atoms with van der Waals surface area (Å²) in [6.45, 7) is 2.65.